The van der Waals surface area contributed by atoms with Gasteiger partial charge in [-0.1, -0.05) is 54.9 Å². The first-order chi connectivity index (χ1) is 9.15. The molecule has 0 heterocycles. The van der Waals surface area contributed by atoms with Crippen LogP contribution in [0, 0.1) is 5.92 Å². The summed E-state index contributed by atoms with van der Waals surface area (Å²) in [5.41, 5.74) is 4.29. The van der Waals surface area contributed by atoms with Gasteiger partial charge < -0.3 is 0 Å². The molecule has 1 unspecified atom stereocenters. The van der Waals surface area contributed by atoms with Crippen LogP contribution in [0.2, 0.25) is 5.02 Å². The summed E-state index contributed by atoms with van der Waals surface area (Å²) in [7, 11) is 0. The zero-order valence-electron chi connectivity index (χ0n) is 10.8. The Bertz CT molecular complexity index is 631. The molecule has 1 atom stereocenters. The number of halogens is 1. The summed E-state index contributed by atoms with van der Waals surface area (Å²) >= 11 is 6.28. The van der Waals surface area contributed by atoms with Crippen molar-refractivity contribution in [2.45, 2.75) is 19.8 Å². The molecule has 1 nitrogen and oxygen atoms in total. The molecule has 0 fully saturated rings. The van der Waals surface area contributed by atoms with Crippen LogP contribution in [0.15, 0.2) is 42.5 Å². The molecule has 0 N–H and O–H groups in total. The molecule has 2 aromatic carbocycles. The molecule has 3 rings (SSSR count). The zero-order chi connectivity index (χ0) is 13.4. The van der Waals surface area contributed by atoms with E-state index in [0.29, 0.717) is 5.02 Å². The highest BCUT2D eigenvalue weighted by Gasteiger charge is 2.29. The van der Waals surface area contributed by atoms with Gasteiger partial charge in [-0.25, -0.2) is 0 Å². The SMILES string of the molecule is CC1Cc2cc(Cc3ccccc3)cc(Cl)c2C1=O. The van der Waals surface area contributed by atoms with Crippen molar-refractivity contribution < 1.29 is 4.79 Å². The number of fused-ring (bicyclic) bond motifs is 1. The van der Waals surface area contributed by atoms with Gasteiger partial charge in [-0.15, -0.1) is 0 Å². The molecule has 0 bridgehead atoms. The number of carbonyl (C=O) groups excluding carboxylic acids is 1. The Morgan fingerprint density at radius 1 is 1.16 bits per heavy atom. The van der Waals surface area contributed by atoms with E-state index < -0.39 is 0 Å². The fraction of sp³-hybridized carbons (Fsp3) is 0.235. The van der Waals surface area contributed by atoms with Crippen LogP contribution < -0.4 is 0 Å². The highest BCUT2D eigenvalue weighted by atomic mass is 35.5. The molecule has 1 aliphatic rings. The van der Waals surface area contributed by atoms with E-state index in [9.17, 15) is 4.79 Å². The second kappa shape index (κ2) is 4.82. The Hall–Kier alpha value is -1.60. The van der Waals surface area contributed by atoms with E-state index in [1.165, 1.54) is 11.1 Å². The maximum absolute atomic E-state index is 12.0. The first-order valence-corrected chi connectivity index (χ1v) is 6.92. The molecule has 2 aromatic rings. The van der Waals surface area contributed by atoms with Crippen molar-refractivity contribution in [3.8, 4) is 0 Å². The van der Waals surface area contributed by atoms with E-state index in [1.807, 2.05) is 31.2 Å². The van der Waals surface area contributed by atoms with Crippen LogP contribution in [0.5, 0.6) is 0 Å². The molecule has 1 aliphatic carbocycles. The quantitative estimate of drug-likeness (QED) is 0.795. The number of benzene rings is 2. The summed E-state index contributed by atoms with van der Waals surface area (Å²) in [4.78, 5) is 12.0. The molecular formula is C17H15ClO. The molecule has 0 radical (unpaired) electrons. The lowest BCUT2D eigenvalue weighted by molar-refractivity contribution is 0.0946. The summed E-state index contributed by atoms with van der Waals surface area (Å²) in [6.45, 7) is 1.97. The van der Waals surface area contributed by atoms with Crippen LogP contribution in [0.25, 0.3) is 0 Å². The lowest BCUT2D eigenvalue weighted by atomic mass is 10.0. The van der Waals surface area contributed by atoms with Crippen LogP contribution >= 0.6 is 11.6 Å². The maximum Gasteiger partial charge on any atom is 0.167 e. The number of rotatable bonds is 2. The Balaban J connectivity index is 1.96. The third kappa shape index (κ3) is 2.31. The fourth-order valence-electron chi connectivity index (χ4n) is 2.77. The van der Waals surface area contributed by atoms with E-state index in [-0.39, 0.29) is 11.7 Å². The minimum Gasteiger partial charge on any atom is -0.294 e. The fourth-order valence-corrected chi connectivity index (χ4v) is 3.12. The van der Waals surface area contributed by atoms with Crippen LogP contribution in [0.3, 0.4) is 0 Å². The van der Waals surface area contributed by atoms with Gasteiger partial charge in [0.25, 0.3) is 0 Å². The summed E-state index contributed by atoms with van der Waals surface area (Å²) < 4.78 is 0. The molecule has 0 aromatic heterocycles. The number of hydrogen-bond acceptors (Lipinski definition) is 1. The standard InChI is InChI=1S/C17H15ClO/c1-11-7-14-9-13(8-12-5-3-2-4-6-12)10-15(18)16(14)17(11)19/h2-6,9-11H,7-8H2,1H3. The van der Waals surface area contributed by atoms with Crippen LogP contribution in [-0.4, -0.2) is 5.78 Å². The molecule has 0 amide bonds. The van der Waals surface area contributed by atoms with Crippen molar-refractivity contribution in [2.24, 2.45) is 5.92 Å². The van der Waals surface area contributed by atoms with Crippen molar-refractivity contribution in [3.05, 3.63) is 69.7 Å². The van der Waals surface area contributed by atoms with Crippen LogP contribution in [0.1, 0.15) is 34.0 Å². The van der Waals surface area contributed by atoms with Gasteiger partial charge in [-0.2, -0.15) is 0 Å². The van der Waals surface area contributed by atoms with Crippen LogP contribution in [-0.2, 0) is 12.8 Å². The summed E-state index contributed by atoms with van der Waals surface area (Å²) in [6, 6.07) is 14.4. The van der Waals surface area contributed by atoms with Crippen molar-refractivity contribution >= 4 is 17.4 Å². The van der Waals surface area contributed by atoms with E-state index in [4.69, 9.17) is 11.6 Å². The van der Waals surface area contributed by atoms with Crippen molar-refractivity contribution in [3.63, 3.8) is 0 Å². The van der Waals surface area contributed by atoms with E-state index in [1.54, 1.807) is 0 Å². The van der Waals surface area contributed by atoms with E-state index >= 15 is 0 Å². The normalized spacial score (nSPS) is 17.6. The first-order valence-electron chi connectivity index (χ1n) is 6.54. The number of Topliss-reactive ketones (excluding diaryl/α,β-unsaturated/α-hetero) is 1. The van der Waals surface area contributed by atoms with Gasteiger partial charge in [0.05, 0.1) is 5.02 Å². The van der Waals surface area contributed by atoms with Gasteiger partial charge >= 0.3 is 0 Å². The van der Waals surface area contributed by atoms with E-state index in [2.05, 4.69) is 18.2 Å². The Morgan fingerprint density at radius 2 is 1.89 bits per heavy atom. The third-order valence-electron chi connectivity index (χ3n) is 3.70. The van der Waals surface area contributed by atoms with Gasteiger partial charge in [-0.3, -0.25) is 4.79 Å². The highest BCUT2D eigenvalue weighted by Crippen LogP contribution is 2.33. The summed E-state index contributed by atoms with van der Waals surface area (Å²) in [5, 5.41) is 0.609. The Kier molecular flexibility index (Phi) is 3.16. The molecular weight excluding hydrogens is 256 g/mol. The lowest BCUT2D eigenvalue weighted by Gasteiger charge is -2.07. The lowest BCUT2D eigenvalue weighted by Crippen LogP contribution is -2.03. The predicted molar refractivity (Wildman–Crippen MR) is 77.9 cm³/mol. The first kappa shape index (κ1) is 12.4. The minimum absolute atomic E-state index is 0.0690. The highest BCUT2D eigenvalue weighted by molar-refractivity contribution is 6.34. The number of hydrogen-bond donors (Lipinski definition) is 0. The Morgan fingerprint density at radius 3 is 2.63 bits per heavy atom. The van der Waals surface area contributed by atoms with E-state index in [0.717, 1.165) is 24.0 Å². The molecule has 0 saturated carbocycles. The van der Waals surface area contributed by atoms with Crippen molar-refractivity contribution in [1.29, 1.82) is 0 Å². The number of ketones is 1. The van der Waals surface area contributed by atoms with Crippen molar-refractivity contribution in [2.75, 3.05) is 0 Å². The summed E-state index contributed by atoms with van der Waals surface area (Å²) in [5.74, 6) is 0.255. The predicted octanol–water partition coefficient (Wildman–Crippen LogP) is 4.31. The maximum atomic E-state index is 12.0. The molecule has 2 heteroatoms. The van der Waals surface area contributed by atoms with Gasteiger partial charge in [0.15, 0.2) is 5.78 Å². The molecule has 0 aliphatic heterocycles. The smallest absolute Gasteiger partial charge is 0.167 e. The van der Waals surface area contributed by atoms with Gasteiger partial charge in [0.1, 0.15) is 0 Å². The average molecular weight is 271 g/mol. The molecule has 0 spiro atoms. The molecule has 0 saturated heterocycles. The topological polar surface area (TPSA) is 17.1 Å². The van der Waals surface area contributed by atoms with Crippen molar-refractivity contribution in [1.82, 2.24) is 0 Å². The second-order valence-electron chi connectivity index (χ2n) is 5.24. The molecule has 19 heavy (non-hydrogen) atoms. The molecule has 96 valence electrons. The van der Waals surface area contributed by atoms with Gasteiger partial charge in [-0.05, 0) is 35.6 Å². The monoisotopic (exact) mass is 270 g/mol. The average Bonchev–Trinajstić information content (AvgIpc) is 2.66. The van der Waals surface area contributed by atoms with Gasteiger partial charge in [0.2, 0.25) is 0 Å². The van der Waals surface area contributed by atoms with Crippen LogP contribution in [0.4, 0.5) is 0 Å². The number of carbonyl (C=O) groups is 1. The summed E-state index contributed by atoms with van der Waals surface area (Å²) in [6.07, 6.45) is 1.67. The second-order valence-corrected chi connectivity index (χ2v) is 5.65. The third-order valence-corrected chi connectivity index (χ3v) is 4.00. The minimum atomic E-state index is 0.0690. The largest absolute Gasteiger partial charge is 0.294 e. The Labute approximate surface area is 118 Å². The zero-order valence-corrected chi connectivity index (χ0v) is 11.6. The van der Waals surface area contributed by atoms with Gasteiger partial charge in [0, 0.05) is 11.5 Å².